The number of hydrogen-bond acceptors (Lipinski definition) is 5. The third-order valence-corrected chi connectivity index (χ3v) is 5.20. The molecule has 1 amide bonds. The fourth-order valence-electron chi connectivity index (χ4n) is 3.17. The van der Waals surface area contributed by atoms with Gasteiger partial charge in [-0.05, 0) is 30.7 Å². The fraction of sp³-hybridized carbons (Fsp3) is 0.562. The summed E-state index contributed by atoms with van der Waals surface area (Å²) in [5.74, 6) is 0.699. The Kier molecular flexibility index (Phi) is 3.90. The molecule has 2 aliphatic rings. The molecule has 0 saturated heterocycles. The van der Waals surface area contributed by atoms with E-state index in [4.69, 9.17) is 4.74 Å². The van der Waals surface area contributed by atoms with Gasteiger partial charge in [0, 0.05) is 25.6 Å². The Morgan fingerprint density at radius 1 is 1.43 bits per heavy atom. The van der Waals surface area contributed by atoms with Crippen LogP contribution >= 0.6 is 11.3 Å². The molecule has 0 spiro atoms. The van der Waals surface area contributed by atoms with E-state index in [9.17, 15) is 4.79 Å². The van der Waals surface area contributed by atoms with Gasteiger partial charge in [0.05, 0.1) is 30.1 Å². The highest BCUT2D eigenvalue weighted by molar-refractivity contribution is 7.07. The molecule has 1 saturated carbocycles. The Morgan fingerprint density at radius 3 is 3.04 bits per heavy atom. The second kappa shape index (κ2) is 6.05. The summed E-state index contributed by atoms with van der Waals surface area (Å²) in [5, 5.41) is 6.18. The van der Waals surface area contributed by atoms with Crippen LogP contribution in [0.25, 0.3) is 0 Å². The molecule has 23 heavy (non-hydrogen) atoms. The van der Waals surface area contributed by atoms with Gasteiger partial charge in [-0.25, -0.2) is 4.98 Å². The molecule has 0 bridgehead atoms. The number of thiazole rings is 1. The van der Waals surface area contributed by atoms with Gasteiger partial charge in [-0.3, -0.25) is 9.48 Å². The molecule has 4 rings (SSSR count). The predicted molar refractivity (Wildman–Crippen MR) is 86.3 cm³/mol. The average Bonchev–Trinajstić information content (AvgIpc) is 3.07. The monoisotopic (exact) mass is 332 g/mol. The highest BCUT2D eigenvalue weighted by Crippen LogP contribution is 2.33. The molecule has 1 aliphatic carbocycles. The molecular weight excluding hydrogens is 312 g/mol. The lowest BCUT2D eigenvalue weighted by atomic mass is 10.00. The number of carbonyl (C=O) groups is 1. The van der Waals surface area contributed by atoms with Crippen molar-refractivity contribution >= 4 is 17.2 Å². The highest BCUT2D eigenvalue weighted by Gasteiger charge is 2.35. The lowest BCUT2D eigenvalue weighted by Crippen LogP contribution is -2.43. The third kappa shape index (κ3) is 2.90. The zero-order valence-corrected chi connectivity index (χ0v) is 14.0. The maximum atomic E-state index is 12.8. The molecule has 0 aromatic carbocycles. The quantitative estimate of drug-likeness (QED) is 0.841. The van der Waals surface area contributed by atoms with Gasteiger partial charge in [-0.2, -0.15) is 5.10 Å². The second-order valence-corrected chi connectivity index (χ2v) is 7.02. The van der Waals surface area contributed by atoms with E-state index in [1.165, 1.54) is 29.7 Å². The summed E-state index contributed by atoms with van der Waals surface area (Å²) < 4.78 is 7.80. The standard InChI is InChI=1S/C16H20N4O2S/c1-19-15-12(6-18-19)4-5-20(16(21)13-9-23-10-17-13)14(15)8-22-7-11-2-3-11/h6,9-11,14H,2-5,7-8H2,1H3. The largest absolute Gasteiger partial charge is 0.379 e. The Labute approximate surface area is 139 Å². The summed E-state index contributed by atoms with van der Waals surface area (Å²) >= 11 is 1.45. The van der Waals surface area contributed by atoms with Crippen molar-refractivity contribution in [3.63, 3.8) is 0 Å². The van der Waals surface area contributed by atoms with Gasteiger partial charge in [0.15, 0.2) is 0 Å². The molecule has 0 N–H and O–H groups in total. The van der Waals surface area contributed by atoms with Crippen LogP contribution in [0.2, 0.25) is 0 Å². The van der Waals surface area contributed by atoms with Crippen LogP contribution in [0.4, 0.5) is 0 Å². The minimum Gasteiger partial charge on any atom is -0.379 e. The first-order chi connectivity index (χ1) is 11.2. The molecule has 122 valence electrons. The van der Waals surface area contributed by atoms with E-state index in [0.717, 1.165) is 18.7 Å². The summed E-state index contributed by atoms with van der Waals surface area (Å²) in [5.41, 5.74) is 4.53. The summed E-state index contributed by atoms with van der Waals surface area (Å²) in [6, 6.07) is -0.0841. The van der Waals surface area contributed by atoms with Gasteiger partial charge in [-0.1, -0.05) is 0 Å². The van der Waals surface area contributed by atoms with Crippen molar-refractivity contribution in [2.75, 3.05) is 19.8 Å². The summed E-state index contributed by atoms with van der Waals surface area (Å²) in [4.78, 5) is 18.9. The van der Waals surface area contributed by atoms with Crippen molar-refractivity contribution in [3.8, 4) is 0 Å². The highest BCUT2D eigenvalue weighted by atomic mass is 32.1. The average molecular weight is 332 g/mol. The van der Waals surface area contributed by atoms with Gasteiger partial charge >= 0.3 is 0 Å². The normalized spacial score (nSPS) is 20.6. The van der Waals surface area contributed by atoms with Crippen LogP contribution in [0.3, 0.4) is 0 Å². The number of hydrogen-bond donors (Lipinski definition) is 0. The van der Waals surface area contributed by atoms with Gasteiger partial charge in [0.1, 0.15) is 5.69 Å². The number of aromatic nitrogens is 3. The second-order valence-electron chi connectivity index (χ2n) is 6.30. The van der Waals surface area contributed by atoms with E-state index in [2.05, 4.69) is 10.1 Å². The summed E-state index contributed by atoms with van der Waals surface area (Å²) in [6.45, 7) is 2.01. The molecule has 1 unspecified atom stereocenters. The topological polar surface area (TPSA) is 60.2 Å². The van der Waals surface area contributed by atoms with E-state index in [-0.39, 0.29) is 11.9 Å². The number of carbonyl (C=O) groups excluding carboxylic acids is 1. The third-order valence-electron chi connectivity index (χ3n) is 4.62. The molecule has 1 atom stereocenters. The predicted octanol–water partition coefficient (Wildman–Crippen LogP) is 2.04. The van der Waals surface area contributed by atoms with Gasteiger partial charge < -0.3 is 9.64 Å². The fourth-order valence-corrected chi connectivity index (χ4v) is 3.69. The first-order valence-corrected chi connectivity index (χ1v) is 8.96. The molecule has 1 fully saturated rings. The lowest BCUT2D eigenvalue weighted by Gasteiger charge is -2.35. The molecule has 3 heterocycles. The zero-order valence-electron chi connectivity index (χ0n) is 13.1. The minimum absolute atomic E-state index is 0.0156. The van der Waals surface area contributed by atoms with Gasteiger partial charge in [-0.15, -0.1) is 11.3 Å². The van der Waals surface area contributed by atoms with Crippen LogP contribution in [0.1, 0.15) is 40.6 Å². The van der Waals surface area contributed by atoms with Crippen LogP contribution in [0, 0.1) is 5.92 Å². The van der Waals surface area contributed by atoms with Crippen molar-refractivity contribution < 1.29 is 9.53 Å². The Balaban J connectivity index is 1.58. The van der Waals surface area contributed by atoms with Crippen molar-refractivity contribution in [1.29, 1.82) is 0 Å². The molecule has 6 nitrogen and oxygen atoms in total. The number of ether oxygens (including phenoxy) is 1. The minimum atomic E-state index is -0.0841. The number of fused-ring (bicyclic) bond motifs is 1. The first-order valence-electron chi connectivity index (χ1n) is 8.01. The number of nitrogens with zero attached hydrogens (tertiary/aromatic N) is 4. The molecule has 2 aromatic rings. The SMILES string of the molecule is Cn1ncc2c1C(COCC1CC1)N(C(=O)c1cscn1)CC2. The summed E-state index contributed by atoms with van der Waals surface area (Å²) in [7, 11) is 1.93. The Hall–Kier alpha value is -1.73. The maximum Gasteiger partial charge on any atom is 0.273 e. The van der Waals surface area contributed by atoms with E-state index in [0.29, 0.717) is 24.8 Å². The van der Waals surface area contributed by atoms with Crippen LogP contribution in [-0.4, -0.2) is 45.3 Å². The summed E-state index contributed by atoms with van der Waals surface area (Å²) in [6.07, 6.45) is 5.28. The number of aryl methyl sites for hydroxylation is 1. The van der Waals surface area contributed by atoms with Crippen LogP contribution in [0.5, 0.6) is 0 Å². The van der Waals surface area contributed by atoms with Gasteiger partial charge in [0.2, 0.25) is 0 Å². The van der Waals surface area contributed by atoms with Crippen molar-refractivity contribution in [2.24, 2.45) is 13.0 Å². The van der Waals surface area contributed by atoms with E-state index < -0.39 is 0 Å². The van der Waals surface area contributed by atoms with Crippen LogP contribution in [0.15, 0.2) is 17.1 Å². The van der Waals surface area contributed by atoms with Crippen LogP contribution in [-0.2, 0) is 18.2 Å². The van der Waals surface area contributed by atoms with Crippen molar-refractivity contribution in [1.82, 2.24) is 19.7 Å². The van der Waals surface area contributed by atoms with Crippen molar-refractivity contribution in [3.05, 3.63) is 34.0 Å². The Bertz CT molecular complexity index is 693. The van der Waals surface area contributed by atoms with Gasteiger partial charge in [0.25, 0.3) is 5.91 Å². The lowest BCUT2D eigenvalue weighted by molar-refractivity contribution is 0.0344. The molecule has 1 aliphatic heterocycles. The van der Waals surface area contributed by atoms with E-state index in [1.54, 1.807) is 5.51 Å². The Morgan fingerprint density at radius 2 is 2.30 bits per heavy atom. The van der Waals surface area contributed by atoms with Crippen LogP contribution < -0.4 is 0 Å². The number of rotatable bonds is 5. The van der Waals surface area contributed by atoms with E-state index in [1.807, 2.05) is 28.2 Å². The first kappa shape index (κ1) is 14.8. The molecular formula is C16H20N4O2S. The maximum absolute atomic E-state index is 12.8. The molecule has 0 radical (unpaired) electrons. The zero-order chi connectivity index (χ0) is 15.8. The number of amides is 1. The smallest absolute Gasteiger partial charge is 0.273 e. The molecule has 7 heteroatoms. The van der Waals surface area contributed by atoms with E-state index >= 15 is 0 Å². The molecule has 2 aromatic heterocycles. The van der Waals surface area contributed by atoms with Crippen molar-refractivity contribution in [2.45, 2.75) is 25.3 Å².